The van der Waals surface area contributed by atoms with Gasteiger partial charge in [0.1, 0.15) is 18.4 Å². The highest BCUT2D eigenvalue weighted by Gasteiger charge is 2.34. The number of anilines is 1. The minimum absolute atomic E-state index is 0.0148. The van der Waals surface area contributed by atoms with Crippen LogP contribution in [0, 0.1) is 0 Å². The summed E-state index contributed by atoms with van der Waals surface area (Å²) >= 11 is 0. The van der Waals surface area contributed by atoms with Gasteiger partial charge in [0.05, 0.1) is 28.9 Å². The van der Waals surface area contributed by atoms with Gasteiger partial charge in [0, 0.05) is 13.1 Å². The highest BCUT2D eigenvalue weighted by Crippen LogP contribution is 2.33. The molecule has 0 aliphatic carbocycles. The van der Waals surface area contributed by atoms with Gasteiger partial charge in [-0.2, -0.15) is 17.5 Å². The lowest BCUT2D eigenvalue weighted by Gasteiger charge is -2.28. The van der Waals surface area contributed by atoms with Gasteiger partial charge in [0.25, 0.3) is 0 Å². The van der Waals surface area contributed by atoms with Crippen molar-refractivity contribution < 1.29 is 39.5 Å². The Labute approximate surface area is 214 Å². The molecule has 1 atom stereocenters. The highest BCUT2D eigenvalue weighted by molar-refractivity contribution is 7.92. The average Bonchev–Trinajstić information content (AvgIpc) is 3.37. The van der Waals surface area contributed by atoms with E-state index in [0.29, 0.717) is 29.2 Å². The number of amides is 1. The van der Waals surface area contributed by atoms with Crippen molar-refractivity contribution in [2.24, 2.45) is 0 Å². The predicted molar refractivity (Wildman–Crippen MR) is 131 cm³/mol. The van der Waals surface area contributed by atoms with Crippen LogP contribution < -0.4 is 14.4 Å². The van der Waals surface area contributed by atoms with Gasteiger partial charge in [0.15, 0.2) is 0 Å². The van der Waals surface area contributed by atoms with E-state index in [4.69, 9.17) is 4.74 Å². The van der Waals surface area contributed by atoms with Crippen LogP contribution >= 0.6 is 0 Å². The second kappa shape index (κ2) is 11.3. The SMILES string of the molecule is C[C@H](C(=O)NCCOc1ccc(S(=O)(=O)N2CCCC2)cc1)N(c1cccc(C(F)(F)F)c1)S(C)(=O)=O. The van der Waals surface area contributed by atoms with Crippen molar-refractivity contribution in [2.75, 3.05) is 36.8 Å². The minimum Gasteiger partial charge on any atom is -0.492 e. The molecule has 2 aromatic rings. The normalized spacial score (nSPS) is 15.8. The molecule has 2 aromatic carbocycles. The van der Waals surface area contributed by atoms with Crippen molar-refractivity contribution in [3.63, 3.8) is 0 Å². The summed E-state index contributed by atoms with van der Waals surface area (Å²) in [5.74, 6) is -0.372. The lowest BCUT2D eigenvalue weighted by Crippen LogP contribution is -2.48. The van der Waals surface area contributed by atoms with Gasteiger partial charge in [-0.1, -0.05) is 6.07 Å². The Morgan fingerprint density at radius 2 is 1.70 bits per heavy atom. The van der Waals surface area contributed by atoms with Gasteiger partial charge in [-0.15, -0.1) is 0 Å². The summed E-state index contributed by atoms with van der Waals surface area (Å²) in [5.41, 5.74) is -1.33. The molecule has 204 valence electrons. The van der Waals surface area contributed by atoms with Gasteiger partial charge in [-0.25, -0.2) is 16.8 Å². The summed E-state index contributed by atoms with van der Waals surface area (Å²) in [6.07, 6.45) is -2.23. The van der Waals surface area contributed by atoms with E-state index < -0.39 is 43.7 Å². The summed E-state index contributed by atoms with van der Waals surface area (Å²) in [4.78, 5) is 12.8. The van der Waals surface area contributed by atoms with Crippen molar-refractivity contribution in [1.29, 1.82) is 0 Å². The van der Waals surface area contributed by atoms with Crippen LogP contribution in [-0.4, -0.2) is 65.6 Å². The van der Waals surface area contributed by atoms with E-state index in [0.717, 1.165) is 31.2 Å². The van der Waals surface area contributed by atoms with Gasteiger partial charge in [0.2, 0.25) is 26.0 Å². The number of benzene rings is 2. The molecule has 0 unspecified atom stereocenters. The number of carbonyl (C=O) groups excluding carboxylic acids is 1. The fourth-order valence-corrected chi connectivity index (χ4v) is 6.59. The maximum Gasteiger partial charge on any atom is 0.416 e. The smallest absolute Gasteiger partial charge is 0.416 e. The van der Waals surface area contributed by atoms with Crippen molar-refractivity contribution in [3.05, 3.63) is 54.1 Å². The van der Waals surface area contributed by atoms with Crippen molar-refractivity contribution >= 4 is 31.6 Å². The Kier molecular flexibility index (Phi) is 8.75. The fourth-order valence-electron chi connectivity index (χ4n) is 3.90. The van der Waals surface area contributed by atoms with Crippen LogP contribution in [-0.2, 0) is 31.0 Å². The number of hydrogen-bond acceptors (Lipinski definition) is 6. The zero-order valence-corrected chi connectivity index (χ0v) is 21.9. The standard InChI is InChI=1S/C23H28F3N3O6S2/c1-17(29(36(2,31)32)19-7-5-6-18(16-19)23(24,25)26)22(30)27-12-15-35-20-8-10-21(11-9-20)37(33,34)28-13-3-4-14-28/h5-11,16-17H,3-4,12-15H2,1-2H3,(H,27,30)/t17-/m1/s1. The zero-order chi connectivity index (χ0) is 27.4. The summed E-state index contributed by atoms with van der Waals surface area (Å²) < 4.78 is 96.7. The van der Waals surface area contributed by atoms with Crippen LogP contribution in [0.25, 0.3) is 0 Å². The molecule has 1 heterocycles. The van der Waals surface area contributed by atoms with E-state index in [9.17, 15) is 34.8 Å². The summed E-state index contributed by atoms with van der Waals surface area (Å²) in [6.45, 7) is 2.19. The molecule has 0 spiro atoms. The van der Waals surface area contributed by atoms with Crippen molar-refractivity contribution in [3.8, 4) is 5.75 Å². The van der Waals surface area contributed by atoms with Gasteiger partial charge in [-0.3, -0.25) is 9.10 Å². The van der Waals surface area contributed by atoms with E-state index in [1.54, 1.807) is 0 Å². The maximum absolute atomic E-state index is 13.1. The Bertz CT molecular complexity index is 1310. The first-order valence-electron chi connectivity index (χ1n) is 11.4. The van der Waals surface area contributed by atoms with E-state index in [2.05, 4.69) is 5.32 Å². The largest absolute Gasteiger partial charge is 0.492 e. The number of carbonyl (C=O) groups is 1. The van der Waals surface area contributed by atoms with Crippen LogP contribution in [0.3, 0.4) is 0 Å². The summed E-state index contributed by atoms with van der Waals surface area (Å²) in [5, 5.41) is 2.50. The molecule has 0 radical (unpaired) electrons. The molecule has 1 aliphatic heterocycles. The molecule has 1 aliphatic rings. The van der Waals surface area contributed by atoms with Crippen LogP contribution in [0.5, 0.6) is 5.75 Å². The second-order valence-corrected chi connectivity index (χ2v) is 12.3. The van der Waals surface area contributed by atoms with Crippen LogP contribution in [0.4, 0.5) is 18.9 Å². The first-order chi connectivity index (χ1) is 17.2. The number of halogens is 3. The number of hydrogen-bond donors (Lipinski definition) is 1. The molecule has 1 amide bonds. The number of nitrogens with one attached hydrogen (secondary N) is 1. The number of alkyl halides is 3. The highest BCUT2D eigenvalue weighted by atomic mass is 32.2. The molecule has 1 saturated heterocycles. The topological polar surface area (TPSA) is 113 Å². The number of nitrogens with zero attached hydrogens (tertiary/aromatic N) is 2. The van der Waals surface area contributed by atoms with E-state index in [1.165, 1.54) is 41.6 Å². The first kappa shape index (κ1) is 28.7. The van der Waals surface area contributed by atoms with E-state index >= 15 is 0 Å². The molecule has 14 heteroatoms. The number of rotatable bonds is 10. The number of ether oxygens (including phenoxy) is 1. The third kappa shape index (κ3) is 7.14. The van der Waals surface area contributed by atoms with Crippen LogP contribution in [0.15, 0.2) is 53.4 Å². The molecular weight excluding hydrogens is 535 g/mol. The molecule has 37 heavy (non-hydrogen) atoms. The summed E-state index contributed by atoms with van der Waals surface area (Å²) in [7, 11) is -7.65. The molecule has 1 fully saturated rings. The molecule has 0 bridgehead atoms. The Balaban J connectivity index is 1.58. The van der Waals surface area contributed by atoms with Gasteiger partial charge < -0.3 is 10.1 Å². The lowest BCUT2D eigenvalue weighted by atomic mass is 10.2. The second-order valence-electron chi connectivity index (χ2n) is 8.50. The number of sulfonamides is 2. The van der Waals surface area contributed by atoms with Crippen LogP contribution in [0.2, 0.25) is 0 Å². The minimum atomic E-state index is -4.68. The summed E-state index contributed by atoms with van der Waals surface area (Å²) in [6, 6.07) is 8.23. The van der Waals surface area contributed by atoms with E-state index in [-0.39, 0.29) is 23.7 Å². The molecule has 3 rings (SSSR count). The van der Waals surface area contributed by atoms with Gasteiger partial charge >= 0.3 is 6.18 Å². The third-order valence-corrected chi connectivity index (χ3v) is 8.87. The van der Waals surface area contributed by atoms with Crippen molar-refractivity contribution in [2.45, 2.75) is 36.9 Å². The molecular formula is C23H28F3N3O6S2. The molecule has 0 saturated carbocycles. The maximum atomic E-state index is 13.1. The quantitative estimate of drug-likeness (QED) is 0.445. The molecule has 9 nitrogen and oxygen atoms in total. The van der Waals surface area contributed by atoms with Crippen molar-refractivity contribution in [1.82, 2.24) is 9.62 Å². The fraction of sp³-hybridized carbons (Fsp3) is 0.435. The molecule has 0 aromatic heterocycles. The lowest BCUT2D eigenvalue weighted by molar-refractivity contribution is -0.137. The van der Waals surface area contributed by atoms with Crippen LogP contribution in [0.1, 0.15) is 25.3 Å². The Morgan fingerprint density at radius 3 is 2.27 bits per heavy atom. The monoisotopic (exact) mass is 563 g/mol. The average molecular weight is 564 g/mol. The Hall–Kier alpha value is -2.84. The molecule has 1 N–H and O–H groups in total. The zero-order valence-electron chi connectivity index (χ0n) is 20.2. The third-order valence-electron chi connectivity index (χ3n) is 5.71. The first-order valence-corrected chi connectivity index (χ1v) is 14.7. The van der Waals surface area contributed by atoms with Gasteiger partial charge in [-0.05, 0) is 62.2 Å². The Morgan fingerprint density at radius 1 is 1.08 bits per heavy atom. The van der Waals surface area contributed by atoms with E-state index in [1.807, 2.05) is 0 Å². The predicted octanol–water partition coefficient (Wildman–Crippen LogP) is 2.84.